The maximum absolute atomic E-state index is 12.8. The van der Waals surface area contributed by atoms with Gasteiger partial charge in [-0.1, -0.05) is 35.3 Å². The first-order valence-electron chi connectivity index (χ1n) is 7.17. The molecule has 0 heterocycles. The summed E-state index contributed by atoms with van der Waals surface area (Å²) < 4.78 is 49.8. The van der Waals surface area contributed by atoms with Crippen molar-refractivity contribution < 1.29 is 16.8 Å². The molecule has 5 nitrogen and oxygen atoms in total. The SMILES string of the molecule is C[C@H](c1ccc(S(C)(=O)=O)cc1)N(C)S(=O)(=O)c1ccc(Cl)c(Cl)c1. The van der Waals surface area contributed by atoms with Crippen LogP contribution in [0.5, 0.6) is 0 Å². The molecule has 0 N–H and O–H groups in total. The zero-order chi connectivity index (χ0) is 19.0. The Morgan fingerprint density at radius 1 is 0.880 bits per heavy atom. The van der Waals surface area contributed by atoms with Crippen molar-refractivity contribution in [2.75, 3.05) is 13.3 Å². The topological polar surface area (TPSA) is 71.5 Å². The van der Waals surface area contributed by atoms with Crippen LogP contribution in [0.4, 0.5) is 0 Å². The van der Waals surface area contributed by atoms with Crippen LogP contribution in [-0.2, 0) is 19.9 Å². The molecule has 0 bridgehead atoms. The number of sulfone groups is 1. The highest BCUT2D eigenvalue weighted by molar-refractivity contribution is 7.90. The Bertz CT molecular complexity index is 987. The summed E-state index contributed by atoms with van der Waals surface area (Å²) in [5.74, 6) is 0. The van der Waals surface area contributed by atoms with Gasteiger partial charge in [0.05, 0.1) is 19.8 Å². The van der Waals surface area contributed by atoms with Crippen LogP contribution < -0.4 is 0 Å². The maximum Gasteiger partial charge on any atom is 0.243 e. The minimum atomic E-state index is -3.79. The Hall–Kier alpha value is -1.12. The minimum absolute atomic E-state index is 0.0315. The lowest BCUT2D eigenvalue weighted by molar-refractivity contribution is 0.398. The lowest BCUT2D eigenvalue weighted by Crippen LogP contribution is -2.29. The number of hydrogen-bond acceptors (Lipinski definition) is 4. The molecule has 0 spiro atoms. The third kappa shape index (κ3) is 4.35. The zero-order valence-electron chi connectivity index (χ0n) is 13.8. The first-order chi connectivity index (χ1) is 11.4. The maximum atomic E-state index is 12.8. The van der Waals surface area contributed by atoms with Crippen molar-refractivity contribution in [2.45, 2.75) is 22.8 Å². The minimum Gasteiger partial charge on any atom is -0.224 e. The Labute approximate surface area is 158 Å². The van der Waals surface area contributed by atoms with E-state index in [4.69, 9.17) is 23.2 Å². The van der Waals surface area contributed by atoms with Crippen LogP contribution in [0, 0.1) is 0 Å². The van der Waals surface area contributed by atoms with Gasteiger partial charge in [-0.25, -0.2) is 16.8 Å². The molecule has 9 heteroatoms. The van der Waals surface area contributed by atoms with Crippen molar-refractivity contribution >= 4 is 43.1 Å². The van der Waals surface area contributed by atoms with Crippen LogP contribution in [0.15, 0.2) is 52.3 Å². The molecular weight excluding hydrogens is 405 g/mol. The monoisotopic (exact) mass is 421 g/mol. The molecule has 0 saturated heterocycles. The van der Waals surface area contributed by atoms with Crippen LogP contribution in [-0.4, -0.2) is 34.4 Å². The molecule has 2 rings (SSSR count). The predicted molar refractivity (Wildman–Crippen MR) is 99.4 cm³/mol. The van der Waals surface area contributed by atoms with Gasteiger partial charge in [0.1, 0.15) is 0 Å². The molecule has 0 aliphatic rings. The van der Waals surface area contributed by atoms with E-state index in [1.165, 1.54) is 41.7 Å². The van der Waals surface area contributed by atoms with Crippen molar-refractivity contribution in [1.82, 2.24) is 4.31 Å². The van der Waals surface area contributed by atoms with Crippen molar-refractivity contribution in [3.63, 3.8) is 0 Å². The number of sulfonamides is 1. The molecule has 0 aromatic heterocycles. The summed E-state index contributed by atoms with van der Waals surface area (Å²) >= 11 is 11.7. The molecule has 0 aliphatic carbocycles. The largest absolute Gasteiger partial charge is 0.243 e. The predicted octanol–water partition coefficient (Wildman–Crippen LogP) is 3.78. The second-order valence-corrected chi connectivity index (χ2v) is 10.4. The van der Waals surface area contributed by atoms with Gasteiger partial charge in [0.15, 0.2) is 9.84 Å². The molecule has 25 heavy (non-hydrogen) atoms. The first kappa shape index (κ1) is 20.2. The van der Waals surface area contributed by atoms with Crippen LogP contribution in [0.2, 0.25) is 10.0 Å². The average Bonchev–Trinajstić information content (AvgIpc) is 2.55. The third-order valence-electron chi connectivity index (χ3n) is 3.90. The van der Waals surface area contributed by atoms with E-state index in [2.05, 4.69) is 0 Å². The van der Waals surface area contributed by atoms with E-state index in [-0.39, 0.29) is 19.8 Å². The lowest BCUT2D eigenvalue weighted by atomic mass is 10.1. The molecule has 1 atom stereocenters. The van der Waals surface area contributed by atoms with Crippen molar-refractivity contribution in [3.05, 3.63) is 58.1 Å². The summed E-state index contributed by atoms with van der Waals surface area (Å²) in [5.41, 5.74) is 0.665. The summed E-state index contributed by atoms with van der Waals surface area (Å²) in [5, 5.41) is 0.425. The van der Waals surface area contributed by atoms with E-state index in [0.29, 0.717) is 5.56 Å². The summed E-state index contributed by atoms with van der Waals surface area (Å²) in [6, 6.07) is 9.73. The fraction of sp³-hybridized carbons (Fsp3) is 0.250. The van der Waals surface area contributed by atoms with Crippen molar-refractivity contribution in [1.29, 1.82) is 0 Å². The first-order valence-corrected chi connectivity index (χ1v) is 11.3. The smallest absolute Gasteiger partial charge is 0.224 e. The molecule has 2 aromatic rings. The van der Waals surface area contributed by atoms with E-state index in [9.17, 15) is 16.8 Å². The molecular formula is C16H17Cl2NO4S2. The summed E-state index contributed by atoms with van der Waals surface area (Å²) in [6.45, 7) is 1.71. The Balaban J connectivity index is 2.35. The number of benzene rings is 2. The Morgan fingerprint density at radius 2 is 1.40 bits per heavy atom. The summed E-state index contributed by atoms with van der Waals surface area (Å²) in [7, 11) is -5.65. The number of nitrogens with zero attached hydrogens (tertiary/aromatic N) is 1. The van der Waals surface area contributed by atoms with E-state index >= 15 is 0 Å². The fourth-order valence-corrected chi connectivity index (χ4v) is 4.59. The normalized spacial score (nSPS) is 13.8. The second kappa shape index (κ2) is 7.25. The molecule has 0 aliphatic heterocycles. The van der Waals surface area contributed by atoms with Gasteiger partial charge < -0.3 is 0 Å². The molecule has 0 unspecified atom stereocenters. The molecule has 0 amide bonds. The molecule has 136 valence electrons. The third-order valence-corrected chi connectivity index (χ3v) is 7.70. The van der Waals surface area contributed by atoms with Crippen molar-refractivity contribution in [3.8, 4) is 0 Å². The highest BCUT2D eigenvalue weighted by Gasteiger charge is 2.27. The number of hydrogen-bond donors (Lipinski definition) is 0. The van der Waals surface area contributed by atoms with Gasteiger partial charge >= 0.3 is 0 Å². The van der Waals surface area contributed by atoms with E-state index in [0.717, 1.165) is 6.26 Å². The standard InChI is InChI=1S/C16H17Cl2NO4S2/c1-11(12-4-6-13(7-5-12)24(3,20)21)19(2)25(22,23)14-8-9-15(17)16(18)10-14/h4-11H,1-3H3/t11-/m1/s1. The van der Waals surface area contributed by atoms with Gasteiger partial charge in [-0.05, 0) is 42.8 Å². The zero-order valence-corrected chi connectivity index (χ0v) is 16.9. The quantitative estimate of drug-likeness (QED) is 0.735. The number of halogens is 2. The van der Waals surface area contributed by atoms with E-state index in [1.54, 1.807) is 19.1 Å². The number of rotatable bonds is 5. The molecule has 0 saturated carbocycles. The Kier molecular flexibility index (Phi) is 5.85. The molecule has 2 aromatic carbocycles. The summed E-state index contributed by atoms with van der Waals surface area (Å²) in [6.07, 6.45) is 1.12. The average molecular weight is 422 g/mol. The van der Waals surface area contributed by atoms with Gasteiger partial charge in [-0.3, -0.25) is 0 Å². The van der Waals surface area contributed by atoms with E-state index < -0.39 is 25.9 Å². The van der Waals surface area contributed by atoms with Crippen LogP contribution in [0.1, 0.15) is 18.5 Å². The van der Waals surface area contributed by atoms with Crippen LogP contribution in [0.25, 0.3) is 0 Å². The van der Waals surface area contributed by atoms with Crippen molar-refractivity contribution in [2.24, 2.45) is 0 Å². The Morgan fingerprint density at radius 3 is 1.88 bits per heavy atom. The van der Waals surface area contributed by atoms with Gasteiger partial charge in [0.25, 0.3) is 0 Å². The van der Waals surface area contributed by atoms with Gasteiger partial charge in [0, 0.05) is 19.3 Å². The van der Waals surface area contributed by atoms with Crippen LogP contribution in [0.3, 0.4) is 0 Å². The fourth-order valence-electron chi connectivity index (χ4n) is 2.22. The van der Waals surface area contributed by atoms with Gasteiger partial charge in [-0.15, -0.1) is 0 Å². The van der Waals surface area contributed by atoms with Crippen LogP contribution >= 0.6 is 23.2 Å². The molecule has 0 fully saturated rings. The van der Waals surface area contributed by atoms with Gasteiger partial charge in [0.2, 0.25) is 10.0 Å². The molecule has 0 radical (unpaired) electrons. The van der Waals surface area contributed by atoms with Gasteiger partial charge in [-0.2, -0.15) is 4.31 Å². The highest BCUT2D eigenvalue weighted by atomic mass is 35.5. The van der Waals surface area contributed by atoms with E-state index in [1.807, 2.05) is 0 Å². The highest BCUT2D eigenvalue weighted by Crippen LogP contribution is 2.30. The summed E-state index contributed by atoms with van der Waals surface area (Å²) in [4.78, 5) is 0.211. The lowest BCUT2D eigenvalue weighted by Gasteiger charge is -2.25. The second-order valence-electron chi connectivity index (χ2n) is 5.61.